The Labute approximate surface area is 173 Å². The molecule has 1 heterocycles. The molecule has 3 aromatic rings. The van der Waals surface area contributed by atoms with Crippen molar-refractivity contribution in [1.29, 1.82) is 0 Å². The Morgan fingerprint density at radius 3 is 2.48 bits per heavy atom. The van der Waals surface area contributed by atoms with E-state index in [2.05, 4.69) is 25.3 Å². The van der Waals surface area contributed by atoms with Gasteiger partial charge in [-0.05, 0) is 67.3 Å². The van der Waals surface area contributed by atoms with Crippen molar-refractivity contribution < 1.29 is 12.8 Å². The van der Waals surface area contributed by atoms with Crippen molar-refractivity contribution in [1.82, 2.24) is 25.3 Å². The van der Waals surface area contributed by atoms with Gasteiger partial charge in [-0.15, -0.1) is 10.2 Å². The fourth-order valence-electron chi connectivity index (χ4n) is 3.35. The van der Waals surface area contributed by atoms with Crippen LogP contribution in [0.1, 0.15) is 47.0 Å². The van der Waals surface area contributed by atoms with Crippen LogP contribution in [-0.4, -0.2) is 29.0 Å². The highest BCUT2D eigenvalue weighted by Crippen LogP contribution is 2.35. The predicted molar refractivity (Wildman–Crippen MR) is 108 cm³/mol. The van der Waals surface area contributed by atoms with E-state index in [1.807, 2.05) is 6.92 Å². The lowest BCUT2D eigenvalue weighted by molar-refractivity contribution is 0.478. The summed E-state index contributed by atoms with van der Waals surface area (Å²) in [5.41, 5.74) is 2.53. The maximum absolute atomic E-state index is 14.7. The van der Waals surface area contributed by atoms with Crippen molar-refractivity contribution >= 4 is 21.6 Å². The fourth-order valence-corrected chi connectivity index (χ4v) is 5.08. The van der Waals surface area contributed by atoms with Crippen LogP contribution in [0.4, 0.5) is 4.39 Å². The molecule has 2 atom stereocenters. The lowest BCUT2D eigenvalue weighted by atomic mass is 9.88. The predicted octanol–water partition coefficient (Wildman–Crippen LogP) is 3.74. The van der Waals surface area contributed by atoms with Crippen LogP contribution >= 0.6 is 11.6 Å². The molecule has 0 amide bonds. The van der Waals surface area contributed by atoms with E-state index in [1.54, 1.807) is 32.9 Å². The standard InChI is InChI=1S/C19H21ClFN5O2S/c1-10-5-7-15(21)17(12(10)3)13(4)18(19-22-25-26-23-19)24-29(27,28)16-8-6-14(20)9-11(16)2/h5-9,13,18,24H,1-4H3,(H,22,23,25,26). The third kappa shape index (κ3) is 4.31. The molecular formula is C19H21ClFN5O2S. The molecule has 3 rings (SSSR count). The van der Waals surface area contributed by atoms with Crippen LogP contribution in [0.5, 0.6) is 0 Å². The first kappa shape index (κ1) is 21.4. The molecule has 2 N–H and O–H groups in total. The smallest absolute Gasteiger partial charge is 0.207 e. The molecule has 1 aromatic heterocycles. The van der Waals surface area contributed by atoms with Gasteiger partial charge in [0.2, 0.25) is 10.0 Å². The summed E-state index contributed by atoms with van der Waals surface area (Å²) in [6.45, 7) is 7.05. The average molecular weight is 438 g/mol. The Bertz CT molecular complexity index is 1140. The van der Waals surface area contributed by atoms with Crippen LogP contribution < -0.4 is 4.72 Å². The first-order chi connectivity index (χ1) is 13.6. The van der Waals surface area contributed by atoms with Crippen molar-refractivity contribution in [2.45, 2.75) is 44.6 Å². The molecule has 0 fully saturated rings. The maximum atomic E-state index is 14.7. The van der Waals surface area contributed by atoms with Gasteiger partial charge in [0.1, 0.15) is 5.82 Å². The van der Waals surface area contributed by atoms with Crippen molar-refractivity contribution in [3.63, 3.8) is 0 Å². The zero-order valence-electron chi connectivity index (χ0n) is 16.4. The van der Waals surface area contributed by atoms with E-state index < -0.39 is 27.8 Å². The third-order valence-corrected chi connectivity index (χ3v) is 6.87. The summed E-state index contributed by atoms with van der Waals surface area (Å²) in [5.74, 6) is -0.904. The number of aromatic nitrogens is 4. The molecule has 0 radical (unpaired) electrons. The summed E-state index contributed by atoms with van der Waals surface area (Å²) in [7, 11) is -3.97. The lowest BCUT2D eigenvalue weighted by Crippen LogP contribution is -2.33. The number of H-pyrrole nitrogens is 1. The molecular weight excluding hydrogens is 417 g/mol. The number of rotatable bonds is 6. The number of hydrogen-bond donors (Lipinski definition) is 2. The number of aryl methyl sites for hydroxylation is 2. The summed E-state index contributed by atoms with van der Waals surface area (Å²) in [4.78, 5) is 0.0732. The molecule has 0 bridgehead atoms. The molecule has 10 heteroatoms. The number of sulfonamides is 1. The Morgan fingerprint density at radius 1 is 1.14 bits per heavy atom. The number of tetrazole rings is 1. The Kier molecular flexibility index (Phi) is 6.02. The van der Waals surface area contributed by atoms with Gasteiger partial charge in [-0.25, -0.2) is 12.8 Å². The summed E-state index contributed by atoms with van der Waals surface area (Å²) < 4.78 is 43.5. The number of benzene rings is 2. The van der Waals surface area contributed by atoms with Gasteiger partial charge in [0.05, 0.1) is 10.9 Å². The number of nitrogens with one attached hydrogen (secondary N) is 2. The van der Waals surface area contributed by atoms with Gasteiger partial charge < -0.3 is 0 Å². The van der Waals surface area contributed by atoms with E-state index in [0.717, 1.165) is 11.1 Å². The quantitative estimate of drug-likeness (QED) is 0.611. The molecule has 0 saturated heterocycles. The van der Waals surface area contributed by atoms with E-state index >= 15 is 0 Å². The molecule has 29 heavy (non-hydrogen) atoms. The highest BCUT2D eigenvalue weighted by molar-refractivity contribution is 7.89. The molecule has 154 valence electrons. The minimum absolute atomic E-state index is 0.0732. The molecule has 0 spiro atoms. The van der Waals surface area contributed by atoms with Gasteiger partial charge >= 0.3 is 0 Å². The SMILES string of the molecule is Cc1cc(Cl)ccc1S(=O)(=O)NC(c1nn[nH]n1)C(C)c1c(F)ccc(C)c1C. The van der Waals surface area contributed by atoms with Crippen LogP contribution in [0.15, 0.2) is 35.2 Å². The second-order valence-electron chi connectivity index (χ2n) is 6.97. The normalized spacial score (nSPS) is 14.0. The molecule has 0 aliphatic rings. The zero-order valence-corrected chi connectivity index (χ0v) is 17.9. The summed E-state index contributed by atoms with van der Waals surface area (Å²) in [6, 6.07) is 6.61. The van der Waals surface area contributed by atoms with Crippen molar-refractivity contribution in [2.75, 3.05) is 0 Å². The highest BCUT2D eigenvalue weighted by atomic mass is 35.5. The number of nitrogens with zero attached hydrogens (tertiary/aromatic N) is 3. The minimum Gasteiger partial charge on any atom is -0.207 e. The van der Waals surface area contributed by atoms with Gasteiger partial charge in [-0.1, -0.05) is 29.8 Å². The van der Waals surface area contributed by atoms with E-state index in [1.165, 1.54) is 18.2 Å². The van der Waals surface area contributed by atoms with Gasteiger partial charge in [0.25, 0.3) is 0 Å². The van der Waals surface area contributed by atoms with Crippen LogP contribution in [0.25, 0.3) is 0 Å². The van der Waals surface area contributed by atoms with Gasteiger partial charge in [0.15, 0.2) is 5.82 Å². The van der Waals surface area contributed by atoms with E-state index in [4.69, 9.17) is 11.6 Å². The minimum atomic E-state index is -3.97. The Hall–Kier alpha value is -2.36. The second kappa shape index (κ2) is 8.17. The maximum Gasteiger partial charge on any atom is 0.241 e. The Balaban J connectivity index is 2.07. The topological polar surface area (TPSA) is 101 Å². The molecule has 2 aromatic carbocycles. The second-order valence-corrected chi connectivity index (χ2v) is 9.09. The largest absolute Gasteiger partial charge is 0.241 e. The van der Waals surface area contributed by atoms with Crippen LogP contribution in [-0.2, 0) is 10.0 Å². The molecule has 2 unspecified atom stereocenters. The van der Waals surface area contributed by atoms with Crippen LogP contribution in [0, 0.1) is 26.6 Å². The molecule has 0 saturated carbocycles. The van der Waals surface area contributed by atoms with Crippen molar-refractivity contribution in [2.24, 2.45) is 0 Å². The summed E-state index contributed by atoms with van der Waals surface area (Å²) in [5, 5.41) is 14.2. The van der Waals surface area contributed by atoms with Crippen LogP contribution in [0.3, 0.4) is 0 Å². The van der Waals surface area contributed by atoms with Crippen molar-refractivity contribution in [3.05, 3.63) is 69.2 Å². The molecule has 0 aliphatic carbocycles. The van der Waals surface area contributed by atoms with Crippen LogP contribution in [0.2, 0.25) is 5.02 Å². The first-order valence-corrected chi connectivity index (χ1v) is 10.8. The van der Waals surface area contributed by atoms with E-state index in [9.17, 15) is 12.8 Å². The van der Waals surface area contributed by atoms with Crippen molar-refractivity contribution in [3.8, 4) is 0 Å². The first-order valence-electron chi connectivity index (χ1n) is 8.89. The monoisotopic (exact) mass is 437 g/mol. The lowest BCUT2D eigenvalue weighted by Gasteiger charge is -2.25. The van der Waals surface area contributed by atoms with E-state index in [0.29, 0.717) is 16.1 Å². The molecule has 7 nitrogen and oxygen atoms in total. The Morgan fingerprint density at radius 2 is 1.86 bits per heavy atom. The van der Waals surface area contributed by atoms with E-state index in [-0.39, 0.29) is 10.7 Å². The number of hydrogen-bond acceptors (Lipinski definition) is 5. The number of halogens is 2. The average Bonchev–Trinajstić information content (AvgIpc) is 3.17. The van der Waals surface area contributed by atoms with Gasteiger partial charge in [-0.2, -0.15) is 9.94 Å². The highest BCUT2D eigenvalue weighted by Gasteiger charge is 2.33. The summed E-state index contributed by atoms with van der Waals surface area (Å²) >= 11 is 5.94. The van der Waals surface area contributed by atoms with Gasteiger partial charge in [0, 0.05) is 10.9 Å². The number of aromatic amines is 1. The zero-order chi connectivity index (χ0) is 21.3. The molecule has 0 aliphatic heterocycles. The fraction of sp³-hybridized carbons (Fsp3) is 0.316. The summed E-state index contributed by atoms with van der Waals surface area (Å²) in [6.07, 6.45) is 0. The van der Waals surface area contributed by atoms with Gasteiger partial charge in [-0.3, -0.25) is 0 Å². The third-order valence-electron chi connectivity index (χ3n) is 5.04.